The molecule has 0 spiro atoms. The van der Waals surface area contributed by atoms with Gasteiger partial charge in [-0.05, 0) is 53.8 Å². The Morgan fingerprint density at radius 2 is 2.20 bits per heavy atom. The minimum atomic E-state index is 0.825. The topological polar surface area (TPSA) is 37.5 Å². The normalized spacial score (nSPS) is 14.6. The Morgan fingerprint density at radius 3 is 2.95 bits per heavy atom. The Labute approximate surface area is 121 Å². The summed E-state index contributed by atoms with van der Waals surface area (Å²) in [6.45, 7) is 3.84. The smallest absolute Gasteiger partial charge is 0.170 e. The van der Waals surface area contributed by atoms with Crippen LogP contribution in [0.25, 0.3) is 21.4 Å². The number of furan rings is 1. The van der Waals surface area contributed by atoms with Crippen molar-refractivity contribution in [1.29, 1.82) is 0 Å². The molecule has 0 atom stereocenters. The quantitative estimate of drug-likeness (QED) is 0.776. The molecule has 0 saturated heterocycles. The number of hydrogen-bond donors (Lipinski definition) is 1. The fourth-order valence-corrected chi connectivity index (χ4v) is 3.36. The highest BCUT2D eigenvalue weighted by atomic mass is 32.1. The van der Waals surface area contributed by atoms with E-state index in [0.717, 1.165) is 35.7 Å². The lowest BCUT2D eigenvalue weighted by atomic mass is 10.1. The maximum absolute atomic E-state index is 5.86. The molecule has 0 saturated carbocycles. The Morgan fingerprint density at radius 1 is 1.25 bits per heavy atom. The van der Waals surface area contributed by atoms with Gasteiger partial charge in [0.2, 0.25) is 0 Å². The molecule has 0 unspecified atom stereocenters. The molecular formula is C16H14N2OS. The van der Waals surface area contributed by atoms with Crippen molar-refractivity contribution in [2.45, 2.75) is 6.92 Å². The van der Waals surface area contributed by atoms with Gasteiger partial charge in [0.25, 0.3) is 0 Å². The molecule has 1 aliphatic rings. The summed E-state index contributed by atoms with van der Waals surface area (Å²) >= 11 is 1.78. The summed E-state index contributed by atoms with van der Waals surface area (Å²) in [5, 5.41) is 6.54. The van der Waals surface area contributed by atoms with Gasteiger partial charge < -0.3 is 9.73 Å². The summed E-state index contributed by atoms with van der Waals surface area (Å²) < 4.78 is 5.86. The largest absolute Gasteiger partial charge is 0.453 e. The molecule has 2 aromatic heterocycles. The van der Waals surface area contributed by atoms with Gasteiger partial charge in [-0.1, -0.05) is 0 Å². The molecule has 0 radical (unpaired) electrons. The van der Waals surface area contributed by atoms with Crippen LogP contribution in [-0.2, 0) is 0 Å². The molecule has 1 N–H and O–H groups in total. The molecule has 4 rings (SSSR count). The van der Waals surface area contributed by atoms with E-state index >= 15 is 0 Å². The molecule has 4 heteroatoms. The fourth-order valence-electron chi connectivity index (χ4n) is 2.46. The highest BCUT2D eigenvalue weighted by Gasteiger charge is 2.13. The third kappa shape index (κ3) is 1.93. The summed E-state index contributed by atoms with van der Waals surface area (Å²) in [6.07, 6.45) is 0. The third-order valence-corrected chi connectivity index (χ3v) is 4.54. The predicted molar refractivity (Wildman–Crippen MR) is 83.7 cm³/mol. The first-order valence-electron chi connectivity index (χ1n) is 6.67. The van der Waals surface area contributed by atoms with E-state index < -0.39 is 0 Å². The summed E-state index contributed by atoms with van der Waals surface area (Å²) in [4.78, 5) is 5.69. The number of rotatable bonds is 2. The van der Waals surface area contributed by atoms with Crippen LogP contribution < -0.4 is 5.32 Å². The lowest BCUT2D eigenvalue weighted by Crippen LogP contribution is -2.18. The highest BCUT2D eigenvalue weighted by molar-refractivity contribution is 7.13. The number of aryl methyl sites for hydroxylation is 1. The molecule has 3 nitrogen and oxygen atoms in total. The van der Waals surface area contributed by atoms with Crippen LogP contribution in [0.15, 0.2) is 45.1 Å². The van der Waals surface area contributed by atoms with Crippen LogP contribution in [-0.4, -0.2) is 18.9 Å². The Bertz CT molecular complexity index is 813. The van der Waals surface area contributed by atoms with Gasteiger partial charge in [0.1, 0.15) is 5.58 Å². The zero-order chi connectivity index (χ0) is 13.5. The van der Waals surface area contributed by atoms with E-state index in [2.05, 4.69) is 46.9 Å². The number of thiophene rings is 1. The number of nitrogens with zero attached hydrogens (tertiary/aromatic N) is 1. The van der Waals surface area contributed by atoms with Crippen LogP contribution in [0.2, 0.25) is 0 Å². The Balaban J connectivity index is 1.79. The van der Waals surface area contributed by atoms with Crippen LogP contribution in [0.3, 0.4) is 0 Å². The zero-order valence-electron chi connectivity index (χ0n) is 11.1. The summed E-state index contributed by atoms with van der Waals surface area (Å²) in [5.41, 5.74) is 3.46. The van der Waals surface area contributed by atoms with Crippen molar-refractivity contribution in [1.82, 2.24) is 5.32 Å². The van der Waals surface area contributed by atoms with Gasteiger partial charge in [-0.25, -0.2) is 0 Å². The first kappa shape index (κ1) is 11.7. The van der Waals surface area contributed by atoms with E-state index in [0.29, 0.717) is 0 Å². The highest BCUT2D eigenvalue weighted by Crippen LogP contribution is 2.30. The second kappa shape index (κ2) is 4.49. The first-order valence-corrected chi connectivity index (χ1v) is 7.55. The molecule has 1 aliphatic heterocycles. The van der Waals surface area contributed by atoms with E-state index in [1.54, 1.807) is 11.3 Å². The van der Waals surface area contributed by atoms with E-state index in [1.807, 2.05) is 6.07 Å². The average Bonchev–Trinajstić information content (AvgIpc) is 3.17. The van der Waals surface area contributed by atoms with Gasteiger partial charge in [0.05, 0.1) is 6.54 Å². The Kier molecular flexibility index (Phi) is 2.63. The molecule has 0 aliphatic carbocycles. The molecule has 100 valence electrons. The van der Waals surface area contributed by atoms with Crippen molar-refractivity contribution < 1.29 is 4.42 Å². The van der Waals surface area contributed by atoms with Gasteiger partial charge in [-0.2, -0.15) is 0 Å². The summed E-state index contributed by atoms with van der Waals surface area (Å²) in [5.74, 6) is 1.70. The predicted octanol–water partition coefficient (Wildman–Crippen LogP) is 3.82. The lowest BCUT2D eigenvalue weighted by Gasteiger charge is -1.96. The van der Waals surface area contributed by atoms with Crippen LogP contribution in [0.4, 0.5) is 0 Å². The number of aliphatic imine (C=N–C) groups is 1. The van der Waals surface area contributed by atoms with Crippen molar-refractivity contribution in [3.05, 3.63) is 47.0 Å². The number of benzene rings is 1. The minimum Gasteiger partial charge on any atom is -0.453 e. The SMILES string of the molecule is Cc1csc(-c2ccc3oc(C4=NCCN4)cc3c2)c1. The van der Waals surface area contributed by atoms with Gasteiger partial charge in [0, 0.05) is 16.8 Å². The van der Waals surface area contributed by atoms with Crippen molar-refractivity contribution >= 4 is 28.1 Å². The second-order valence-corrected chi connectivity index (χ2v) is 5.92. The van der Waals surface area contributed by atoms with Gasteiger partial charge in [-0.3, -0.25) is 4.99 Å². The molecule has 0 bridgehead atoms. The van der Waals surface area contributed by atoms with Crippen molar-refractivity contribution in [3.63, 3.8) is 0 Å². The minimum absolute atomic E-state index is 0.825. The van der Waals surface area contributed by atoms with Crippen molar-refractivity contribution in [2.24, 2.45) is 4.99 Å². The van der Waals surface area contributed by atoms with Gasteiger partial charge in [-0.15, -0.1) is 11.3 Å². The number of hydrogen-bond acceptors (Lipinski definition) is 4. The number of amidine groups is 1. The van der Waals surface area contributed by atoms with Crippen molar-refractivity contribution in [3.8, 4) is 10.4 Å². The van der Waals surface area contributed by atoms with E-state index in [-0.39, 0.29) is 0 Å². The molecule has 3 aromatic rings. The maximum atomic E-state index is 5.86. The average molecular weight is 282 g/mol. The monoisotopic (exact) mass is 282 g/mol. The third-order valence-electron chi connectivity index (χ3n) is 3.44. The molecule has 20 heavy (non-hydrogen) atoms. The summed E-state index contributed by atoms with van der Waals surface area (Å²) in [6, 6.07) is 10.6. The maximum Gasteiger partial charge on any atom is 0.170 e. The Hall–Kier alpha value is -2.07. The van der Waals surface area contributed by atoms with Crippen LogP contribution in [0, 0.1) is 6.92 Å². The van der Waals surface area contributed by atoms with Crippen LogP contribution in [0.1, 0.15) is 11.3 Å². The number of nitrogens with one attached hydrogen (secondary N) is 1. The standard InChI is InChI=1S/C16H14N2OS/c1-10-6-15(20-9-10)11-2-3-13-12(7-11)8-14(19-13)16-17-4-5-18-16/h2-3,6-9H,4-5H2,1H3,(H,17,18). The van der Waals surface area contributed by atoms with E-state index in [1.165, 1.54) is 16.0 Å². The zero-order valence-corrected chi connectivity index (χ0v) is 12.0. The van der Waals surface area contributed by atoms with Crippen molar-refractivity contribution in [2.75, 3.05) is 13.1 Å². The molecule has 0 fully saturated rings. The van der Waals surface area contributed by atoms with Gasteiger partial charge in [0.15, 0.2) is 11.6 Å². The second-order valence-electron chi connectivity index (χ2n) is 5.01. The van der Waals surface area contributed by atoms with E-state index in [4.69, 9.17) is 4.42 Å². The molecule has 3 heterocycles. The molecular weight excluding hydrogens is 268 g/mol. The lowest BCUT2D eigenvalue weighted by molar-refractivity contribution is 0.602. The molecule has 0 amide bonds. The van der Waals surface area contributed by atoms with Gasteiger partial charge >= 0.3 is 0 Å². The van der Waals surface area contributed by atoms with Crippen LogP contribution in [0.5, 0.6) is 0 Å². The van der Waals surface area contributed by atoms with Crippen LogP contribution >= 0.6 is 11.3 Å². The summed E-state index contributed by atoms with van der Waals surface area (Å²) in [7, 11) is 0. The molecule has 1 aromatic carbocycles. The number of fused-ring (bicyclic) bond motifs is 1. The van der Waals surface area contributed by atoms with E-state index in [9.17, 15) is 0 Å². The fraction of sp³-hybridized carbons (Fsp3) is 0.188. The first-order chi connectivity index (χ1) is 9.79.